The van der Waals surface area contributed by atoms with Crippen LogP contribution in [-0.2, 0) is 5.41 Å². The lowest BCUT2D eigenvalue weighted by molar-refractivity contribution is 0.660. The van der Waals surface area contributed by atoms with Gasteiger partial charge in [-0.3, -0.25) is 4.99 Å². The minimum atomic E-state index is -0.124. The number of rotatable bonds is 10. The highest BCUT2D eigenvalue weighted by Crippen LogP contribution is 2.53. The van der Waals surface area contributed by atoms with Crippen molar-refractivity contribution in [1.29, 1.82) is 0 Å². The van der Waals surface area contributed by atoms with Crippen molar-refractivity contribution in [3.05, 3.63) is 253 Å². The summed E-state index contributed by atoms with van der Waals surface area (Å²) in [6.45, 7) is 10.5. The quantitative estimate of drug-likeness (QED) is 0.0988. The molecule has 320 valence electrons. The molecule has 2 heteroatoms. The van der Waals surface area contributed by atoms with E-state index in [1.165, 1.54) is 66.1 Å². The van der Waals surface area contributed by atoms with Gasteiger partial charge in [-0.25, -0.2) is 0 Å². The van der Waals surface area contributed by atoms with Gasteiger partial charge in [0.25, 0.3) is 0 Å². The van der Waals surface area contributed by atoms with Gasteiger partial charge in [0.2, 0.25) is 0 Å². The third-order valence-electron chi connectivity index (χ3n) is 13.7. The maximum Gasteiger partial charge on any atom is 0.0546 e. The Balaban J connectivity index is 1.19. The lowest BCUT2D eigenvalue weighted by Gasteiger charge is -2.32. The van der Waals surface area contributed by atoms with E-state index in [4.69, 9.17) is 0 Å². The third-order valence-corrected chi connectivity index (χ3v) is 13.7. The molecule has 0 unspecified atom stereocenters. The van der Waals surface area contributed by atoms with Crippen LogP contribution in [0.5, 0.6) is 0 Å². The van der Waals surface area contributed by atoms with E-state index in [2.05, 4.69) is 262 Å². The Labute approximate surface area is 394 Å². The number of nitrogens with zero attached hydrogens (tertiary/aromatic N) is 2. The van der Waals surface area contributed by atoms with E-state index in [0.29, 0.717) is 0 Å². The Hall–Kier alpha value is -8.33. The fourth-order valence-corrected chi connectivity index (χ4v) is 10.6. The first kappa shape index (κ1) is 41.4. The predicted molar refractivity (Wildman–Crippen MR) is 288 cm³/mol. The Morgan fingerprint density at radius 2 is 1.06 bits per heavy atom. The van der Waals surface area contributed by atoms with Gasteiger partial charge >= 0.3 is 0 Å². The highest BCUT2D eigenvalue weighted by Gasteiger charge is 2.36. The molecule has 0 atom stereocenters. The zero-order chi connectivity index (χ0) is 45.5. The van der Waals surface area contributed by atoms with Crippen LogP contribution in [0.25, 0.3) is 82.8 Å². The molecule has 0 saturated heterocycles. The van der Waals surface area contributed by atoms with Crippen LogP contribution in [-0.4, -0.2) is 6.72 Å². The Morgan fingerprint density at radius 1 is 0.478 bits per heavy atom. The monoisotopic (exact) mass is 858 g/mol. The summed E-state index contributed by atoms with van der Waals surface area (Å²) < 4.78 is 0. The minimum Gasteiger partial charge on any atom is -0.309 e. The molecule has 0 aliphatic heterocycles. The molecule has 0 spiro atoms. The summed E-state index contributed by atoms with van der Waals surface area (Å²) in [5.74, 6) is 0. The number of benzene rings is 10. The van der Waals surface area contributed by atoms with Crippen LogP contribution in [0.15, 0.2) is 242 Å². The van der Waals surface area contributed by atoms with Crippen LogP contribution in [0.2, 0.25) is 0 Å². The molecular formula is C65H50N2. The molecule has 0 aromatic heterocycles. The molecule has 0 amide bonds. The van der Waals surface area contributed by atoms with Crippen molar-refractivity contribution < 1.29 is 0 Å². The zero-order valence-corrected chi connectivity index (χ0v) is 38.1. The number of para-hydroxylation sites is 1. The van der Waals surface area contributed by atoms with Gasteiger partial charge in [-0.15, -0.1) is 0 Å². The number of aliphatic imine (C=N–C) groups is 1. The van der Waals surface area contributed by atoms with Gasteiger partial charge in [0, 0.05) is 28.4 Å². The van der Waals surface area contributed by atoms with Crippen LogP contribution in [0.4, 0.5) is 17.1 Å². The normalized spacial score (nSPS) is 12.9. The molecule has 0 N–H and O–H groups in total. The van der Waals surface area contributed by atoms with Crippen molar-refractivity contribution in [1.82, 2.24) is 0 Å². The van der Waals surface area contributed by atoms with Crippen LogP contribution in [0, 0.1) is 0 Å². The number of hydrogen-bond acceptors (Lipinski definition) is 2. The van der Waals surface area contributed by atoms with Crippen molar-refractivity contribution in [2.45, 2.75) is 26.2 Å². The number of allylic oxidation sites excluding steroid dienone is 3. The van der Waals surface area contributed by atoms with Gasteiger partial charge in [0.05, 0.1) is 11.4 Å². The largest absolute Gasteiger partial charge is 0.309 e. The highest BCUT2D eigenvalue weighted by molar-refractivity contribution is 6.09. The molecule has 0 saturated carbocycles. The summed E-state index contributed by atoms with van der Waals surface area (Å²) in [4.78, 5) is 6.48. The van der Waals surface area contributed by atoms with Crippen LogP contribution < -0.4 is 4.90 Å². The summed E-state index contributed by atoms with van der Waals surface area (Å²) in [5, 5.41) is 4.88. The topological polar surface area (TPSA) is 15.6 Å². The lowest BCUT2D eigenvalue weighted by atomic mass is 9.82. The average Bonchev–Trinajstić information content (AvgIpc) is 3.61. The molecule has 0 radical (unpaired) electrons. The second-order valence-corrected chi connectivity index (χ2v) is 18.0. The molecule has 2 nitrogen and oxygen atoms in total. The molecule has 0 heterocycles. The molecular weight excluding hydrogens is 809 g/mol. The first-order valence-electron chi connectivity index (χ1n) is 23.1. The third kappa shape index (κ3) is 7.28. The van der Waals surface area contributed by atoms with E-state index < -0.39 is 0 Å². The average molecular weight is 859 g/mol. The molecule has 67 heavy (non-hydrogen) atoms. The standard InChI is InChI=1S/C65H50N2/c1-44(20-19-41-66-4)51-32-16-25-46-26-17-34-56(63(46)51)57-35-18-38-62(64(57)47-22-6-5-7-23-47)67(50-39-40-60-58(43-50)55-31-10-12-36-59(55)65(60,2)3)61-37-13-11-30-54(61)49-28-14-27-48(42-49)53-33-15-24-45-21-8-9-29-52(45)53/h5-43H,4H2,1-3H3/b41-19-,44-20+. The van der Waals surface area contributed by atoms with E-state index in [1.54, 1.807) is 6.20 Å². The maximum atomic E-state index is 3.96. The molecule has 10 aromatic carbocycles. The summed E-state index contributed by atoms with van der Waals surface area (Å²) in [7, 11) is 0. The Kier molecular flexibility index (Phi) is 10.6. The van der Waals surface area contributed by atoms with Crippen LogP contribution in [0.1, 0.15) is 37.5 Å². The number of hydrogen-bond donors (Lipinski definition) is 0. The van der Waals surface area contributed by atoms with Gasteiger partial charge in [0.1, 0.15) is 0 Å². The smallest absolute Gasteiger partial charge is 0.0546 e. The molecule has 1 aliphatic rings. The zero-order valence-electron chi connectivity index (χ0n) is 38.1. The van der Waals surface area contributed by atoms with Crippen molar-refractivity contribution in [3.63, 3.8) is 0 Å². The molecule has 1 aliphatic carbocycles. The second kappa shape index (κ2) is 17.2. The molecule has 0 fully saturated rings. The van der Waals surface area contributed by atoms with E-state index in [-0.39, 0.29) is 5.41 Å². The second-order valence-electron chi connectivity index (χ2n) is 18.0. The first-order valence-corrected chi connectivity index (χ1v) is 23.1. The van der Waals surface area contributed by atoms with Crippen molar-refractivity contribution >= 4 is 50.9 Å². The fraction of sp³-hybridized carbons (Fsp3) is 0.0615. The van der Waals surface area contributed by atoms with Gasteiger partial charge in [-0.2, -0.15) is 0 Å². The van der Waals surface area contributed by atoms with Crippen LogP contribution in [0.3, 0.4) is 0 Å². The van der Waals surface area contributed by atoms with E-state index in [1.807, 2.05) is 6.08 Å². The van der Waals surface area contributed by atoms with Gasteiger partial charge < -0.3 is 4.90 Å². The maximum absolute atomic E-state index is 3.96. The van der Waals surface area contributed by atoms with E-state index in [9.17, 15) is 0 Å². The predicted octanol–water partition coefficient (Wildman–Crippen LogP) is 18.1. The summed E-state index contributed by atoms with van der Waals surface area (Å²) in [5.41, 5.74) is 20.1. The summed E-state index contributed by atoms with van der Waals surface area (Å²) in [6, 6.07) is 80.4. The van der Waals surface area contributed by atoms with Gasteiger partial charge in [0.15, 0.2) is 0 Å². The van der Waals surface area contributed by atoms with Crippen molar-refractivity contribution in [2.24, 2.45) is 4.99 Å². The molecule has 0 bridgehead atoms. The number of anilines is 3. The van der Waals surface area contributed by atoms with Crippen molar-refractivity contribution in [3.8, 4) is 55.6 Å². The molecule has 10 aromatic rings. The first-order chi connectivity index (χ1) is 32.9. The van der Waals surface area contributed by atoms with Gasteiger partial charge in [-0.1, -0.05) is 208 Å². The molecule has 11 rings (SSSR count). The Bertz CT molecular complexity index is 3580. The minimum absolute atomic E-state index is 0.124. The van der Waals surface area contributed by atoms with E-state index in [0.717, 1.165) is 50.5 Å². The SMILES string of the molecule is C=N/C=C\C=C(/C)c1cccc2cccc(-c3cccc(N(c4ccc5c(c4)-c4ccccc4C5(C)C)c4ccccc4-c4cccc(-c5cccc6ccccc56)c4)c3-c3ccccc3)c12. The number of fused-ring (bicyclic) bond motifs is 5. The van der Waals surface area contributed by atoms with Crippen LogP contribution >= 0.6 is 0 Å². The lowest BCUT2D eigenvalue weighted by Crippen LogP contribution is -2.16. The van der Waals surface area contributed by atoms with E-state index >= 15 is 0 Å². The summed E-state index contributed by atoms with van der Waals surface area (Å²) in [6.07, 6.45) is 5.82. The highest BCUT2D eigenvalue weighted by atomic mass is 15.1. The fourth-order valence-electron chi connectivity index (χ4n) is 10.6. The summed E-state index contributed by atoms with van der Waals surface area (Å²) >= 11 is 0. The Morgan fingerprint density at radius 3 is 1.90 bits per heavy atom. The van der Waals surface area contributed by atoms with Gasteiger partial charge in [-0.05, 0) is 138 Å². The van der Waals surface area contributed by atoms with Crippen molar-refractivity contribution in [2.75, 3.05) is 4.90 Å².